The summed E-state index contributed by atoms with van der Waals surface area (Å²) in [5.74, 6) is 0.538. The van der Waals surface area contributed by atoms with Gasteiger partial charge in [0.15, 0.2) is 0 Å². The second-order valence-electron chi connectivity index (χ2n) is 7.14. The number of fused-ring (bicyclic) bond motifs is 1. The standard InChI is InChI=1S/C20H28N6O3/c1-2-29-18(28)12-22-11-16(9-21)24-20-23-10-15-7-8-26(19(15)25-20)13-14-3-5-17(27)6-4-14/h7-11,14,17,27H,2-6,12-13,21H2,1H3,(H,23,24,25)/b16-9+,22-11?. The van der Waals surface area contributed by atoms with Crippen LogP contribution in [-0.2, 0) is 16.1 Å². The third-order valence-electron chi connectivity index (χ3n) is 4.96. The summed E-state index contributed by atoms with van der Waals surface area (Å²) in [5.41, 5.74) is 6.96. The Bertz CT molecular complexity index is 883. The minimum atomic E-state index is -0.397. The van der Waals surface area contributed by atoms with Crippen LogP contribution in [0.3, 0.4) is 0 Å². The molecule has 0 spiro atoms. The fraction of sp³-hybridized carbons (Fsp3) is 0.500. The van der Waals surface area contributed by atoms with E-state index in [2.05, 4.69) is 24.8 Å². The largest absolute Gasteiger partial charge is 0.465 e. The van der Waals surface area contributed by atoms with Crippen molar-refractivity contribution in [1.29, 1.82) is 0 Å². The van der Waals surface area contributed by atoms with E-state index in [1.807, 2.05) is 12.3 Å². The van der Waals surface area contributed by atoms with Gasteiger partial charge in [-0.1, -0.05) is 0 Å². The molecule has 0 bridgehead atoms. The summed E-state index contributed by atoms with van der Waals surface area (Å²) < 4.78 is 6.96. The van der Waals surface area contributed by atoms with Gasteiger partial charge in [-0.3, -0.25) is 9.79 Å². The molecule has 2 heterocycles. The van der Waals surface area contributed by atoms with E-state index in [9.17, 15) is 9.90 Å². The highest BCUT2D eigenvalue weighted by molar-refractivity contribution is 5.85. The normalized spacial score (nSPS) is 20.3. The van der Waals surface area contributed by atoms with Gasteiger partial charge >= 0.3 is 5.97 Å². The number of aliphatic imine (C=N–C) groups is 1. The van der Waals surface area contributed by atoms with Crippen molar-refractivity contribution in [3.63, 3.8) is 0 Å². The fourth-order valence-electron chi connectivity index (χ4n) is 3.46. The molecule has 1 saturated carbocycles. The second-order valence-corrected chi connectivity index (χ2v) is 7.14. The molecule has 0 aromatic carbocycles. The van der Waals surface area contributed by atoms with Crippen LogP contribution in [0.4, 0.5) is 5.95 Å². The van der Waals surface area contributed by atoms with E-state index < -0.39 is 5.97 Å². The van der Waals surface area contributed by atoms with Gasteiger partial charge < -0.3 is 25.5 Å². The zero-order chi connectivity index (χ0) is 20.6. The Morgan fingerprint density at radius 1 is 1.45 bits per heavy atom. The maximum Gasteiger partial charge on any atom is 0.327 e. The molecular formula is C20H28N6O3. The first-order valence-corrected chi connectivity index (χ1v) is 9.93. The maximum atomic E-state index is 11.4. The van der Waals surface area contributed by atoms with E-state index in [-0.39, 0.29) is 12.6 Å². The highest BCUT2D eigenvalue weighted by Gasteiger charge is 2.20. The highest BCUT2D eigenvalue weighted by atomic mass is 16.5. The molecule has 1 aliphatic rings. The Hall–Kier alpha value is -2.94. The average Bonchev–Trinajstić information content (AvgIpc) is 3.11. The lowest BCUT2D eigenvalue weighted by atomic mass is 9.87. The van der Waals surface area contributed by atoms with Gasteiger partial charge in [-0.05, 0) is 44.6 Å². The van der Waals surface area contributed by atoms with Gasteiger partial charge in [0.25, 0.3) is 0 Å². The molecule has 0 radical (unpaired) electrons. The number of allylic oxidation sites excluding steroid dienone is 1. The maximum absolute atomic E-state index is 11.4. The molecule has 0 amide bonds. The molecule has 9 heteroatoms. The molecule has 2 aromatic heterocycles. The summed E-state index contributed by atoms with van der Waals surface area (Å²) >= 11 is 0. The van der Waals surface area contributed by atoms with Crippen molar-refractivity contribution in [2.45, 2.75) is 45.3 Å². The molecule has 2 aromatic rings. The van der Waals surface area contributed by atoms with E-state index in [0.717, 1.165) is 43.3 Å². The number of hydrogen-bond acceptors (Lipinski definition) is 8. The number of ether oxygens (including phenoxy) is 1. The number of aliphatic hydroxyl groups excluding tert-OH is 1. The van der Waals surface area contributed by atoms with Gasteiger partial charge in [0.05, 0.1) is 18.4 Å². The Morgan fingerprint density at radius 3 is 2.97 bits per heavy atom. The Morgan fingerprint density at radius 2 is 2.24 bits per heavy atom. The lowest BCUT2D eigenvalue weighted by Gasteiger charge is -2.25. The van der Waals surface area contributed by atoms with E-state index in [1.165, 1.54) is 12.4 Å². The van der Waals surface area contributed by atoms with Gasteiger partial charge in [-0.25, -0.2) is 4.98 Å². The summed E-state index contributed by atoms with van der Waals surface area (Å²) in [5, 5.41) is 13.7. The van der Waals surface area contributed by atoms with Crippen LogP contribution >= 0.6 is 0 Å². The van der Waals surface area contributed by atoms with Crippen molar-refractivity contribution in [1.82, 2.24) is 14.5 Å². The zero-order valence-corrected chi connectivity index (χ0v) is 16.6. The van der Waals surface area contributed by atoms with E-state index in [1.54, 1.807) is 13.1 Å². The third kappa shape index (κ3) is 5.77. The van der Waals surface area contributed by atoms with Crippen LogP contribution in [0.25, 0.3) is 11.0 Å². The monoisotopic (exact) mass is 400 g/mol. The van der Waals surface area contributed by atoms with Crippen molar-refractivity contribution in [2.75, 3.05) is 18.5 Å². The number of nitrogens with zero attached hydrogens (tertiary/aromatic N) is 4. The van der Waals surface area contributed by atoms with E-state index in [4.69, 9.17) is 10.5 Å². The van der Waals surface area contributed by atoms with Crippen molar-refractivity contribution in [3.05, 3.63) is 30.4 Å². The smallest absolute Gasteiger partial charge is 0.327 e. The summed E-state index contributed by atoms with van der Waals surface area (Å²) in [6.07, 6.45) is 10.2. The number of carbonyl (C=O) groups excluding carboxylic acids is 1. The van der Waals surface area contributed by atoms with Crippen molar-refractivity contribution in [3.8, 4) is 0 Å². The fourth-order valence-corrected chi connectivity index (χ4v) is 3.46. The van der Waals surface area contributed by atoms with Gasteiger partial charge in [0, 0.05) is 36.7 Å². The van der Waals surface area contributed by atoms with Crippen molar-refractivity contribution in [2.24, 2.45) is 16.6 Å². The predicted molar refractivity (Wildman–Crippen MR) is 111 cm³/mol. The van der Waals surface area contributed by atoms with Crippen LogP contribution in [0.2, 0.25) is 0 Å². The van der Waals surface area contributed by atoms with Crippen LogP contribution in [0.15, 0.2) is 35.3 Å². The lowest BCUT2D eigenvalue weighted by Crippen LogP contribution is -2.21. The second kappa shape index (κ2) is 10.0. The molecule has 4 N–H and O–H groups in total. The molecule has 0 saturated heterocycles. The Kier molecular flexibility index (Phi) is 7.18. The van der Waals surface area contributed by atoms with Gasteiger partial charge in [-0.15, -0.1) is 0 Å². The van der Waals surface area contributed by atoms with Crippen LogP contribution in [-0.4, -0.2) is 51.1 Å². The zero-order valence-electron chi connectivity index (χ0n) is 16.6. The molecule has 156 valence electrons. The molecule has 9 nitrogen and oxygen atoms in total. The van der Waals surface area contributed by atoms with Gasteiger partial charge in [-0.2, -0.15) is 4.98 Å². The molecule has 0 atom stereocenters. The molecule has 0 unspecified atom stereocenters. The summed E-state index contributed by atoms with van der Waals surface area (Å²) in [6, 6.07) is 2.00. The van der Waals surface area contributed by atoms with Crippen LogP contribution in [0.5, 0.6) is 0 Å². The first kappa shape index (κ1) is 20.8. The van der Waals surface area contributed by atoms with Crippen LogP contribution in [0, 0.1) is 5.92 Å². The Labute approximate surface area is 169 Å². The molecule has 3 rings (SSSR count). The Balaban J connectivity index is 1.66. The first-order chi connectivity index (χ1) is 14.1. The minimum Gasteiger partial charge on any atom is -0.465 e. The third-order valence-corrected chi connectivity index (χ3v) is 4.96. The number of nitrogens with two attached hydrogens (primary N) is 1. The van der Waals surface area contributed by atoms with Crippen LogP contribution < -0.4 is 11.1 Å². The summed E-state index contributed by atoms with van der Waals surface area (Å²) in [7, 11) is 0. The lowest BCUT2D eigenvalue weighted by molar-refractivity contribution is -0.141. The quantitative estimate of drug-likeness (QED) is 0.455. The number of anilines is 1. The predicted octanol–water partition coefficient (Wildman–Crippen LogP) is 1.83. The topological polar surface area (TPSA) is 128 Å². The first-order valence-electron chi connectivity index (χ1n) is 9.93. The molecule has 1 aliphatic carbocycles. The van der Waals surface area contributed by atoms with Crippen molar-refractivity contribution < 1.29 is 14.6 Å². The minimum absolute atomic E-state index is 0.0777. The number of hydrogen-bond donors (Lipinski definition) is 3. The highest BCUT2D eigenvalue weighted by Crippen LogP contribution is 2.27. The molecular weight excluding hydrogens is 372 g/mol. The number of esters is 1. The summed E-state index contributed by atoms with van der Waals surface area (Å²) in [4.78, 5) is 24.3. The molecule has 0 aliphatic heterocycles. The SMILES string of the molecule is CCOC(=O)CN=C/C(=C\N)Nc1ncc2ccn(CC3CCC(O)CC3)c2n1. The average molecular weight is 400 g/mol. The van der Waals surface area contributed by atoms with Gasteiger partial charge in [0.2, 0.25) is 5.95 Å². The number of aromatic nitrogens is 3. The van der Waals surface area contributed by atoms with Crippen molar-refractivity contribution >= 4 is 29.2 Å². The molecule has 1 fully saturated rings. The number of rotatable bonds is 8. The van der Waals surface area contributed by atoms with E-state index >= 15 is 0 Å². The number of carbonyl (C=O) groups is 1. The van der Waals surface area contributed by atoms with Crippen LogP contribution in [0.1, 0.15) is 32.6 Å². The molecule has 29 heavy (non-hydrogen) atoms. The number of aliphatic hydroxyl groups is 1. The summed E-state index contributed by atoms with van der Waals surface area (Å²) in [6.45, 7) is 2.86. The van der Waals surface area contributed by atoms with E-state index in [0.29, 0.717) is 24.2 Å². The number of nitrogens with one attached hydrogen (secondary N) is 1. The van der Waals surface area contributed by atoms with Gasteiger partial charge in [0.1, 0.15) is 12.2 Å².